The van der Waals surface area contributed by atoms with Gasteiger partial charge in [-0.25, -0.2) is 9.59 Å². The summed E-state index contributed by atoms with van der Waals surface area (Å²) in [4.78, 5) is 46.5. The maximum absolute atomic E-state index is 12.1. The molecule has 0 aliphatic carbocycles. The number of anilines is 1. The van der Waals surface area contributed by atoms with Gasteiger partial charge in [0.25, 0.3) is 5.91 Å². The number of carbonyl (C=O) groups is 4. The third kappa shape index (κ3) is 7.01. The summed E-state index contributed by atoms with van der Waals surface area (Å²) < 4.78 is 0. The lowest BCUT2D eigenvalue weighted by Crippen LogP contribution is -2.36. The number of nitrogen functional groups attached to an aromatic ring is 1. The quantitative estimate of drug-likeness (QED) is 0.150. The van der Waals surface area contributed by atoms with Crippen molar-refractivity contribution < 1.29 is 24.3 Å². The molecule has 0 saturated carbocycles. The van der Waals surface area contributed by atoms with Gasteiger partial charge in [-0.15, -0.1) is 0 Å². The van der Waals surface area contributed by atoms with Crippen LogP contribution in [0, 0.1) is 0 Å². The maximum Gasteiger partial charge on any atom is 0.337 e. The Balaban J connectivity index is 1.20. The molecule has 33 heavy (non-hydrogen) atoms. The fraction of sp³-hybridized carbons (Fsp3) is 0.545. The summed E-state index contributed by atoms with van der Waals surface area (Å²) in [5.41, 5.74) is 5.99. The first kappa shape index (κ1) is 24.7. The van der Waals surface area contributed by atoms with Crippen LogP contribution in [-0.4, -0.2) is 65.1 Å². The smallest absolute Gasteiger partial charge is 0.337 e. The predicted octanol–water partition coefficient (Wildman–Crippen LogP) is 1.32. The van der Waals surface area contributed by atoms with E-state index in [0.29, 0.717) is 36.7 Å². The Hall–Kier alpha value is -2.95. The van der Waals surface area contributed by atoms with E-state index in [1.165, 1.54) is 18.2 Å². The zero-order chi connectivity index (χ0) is 23.8. The van der Waals surface area contributed by atoms with Gasteiger partial charge in [0.05, 0.1) is 17.6 Å². The van der Waals surface area contributed by atoms with Gasteiger partial charge in [-0.3, -0.25) is 9.59 Å². The van der Waals surface area contributed by atoms with E-state index in [2.05, 4.69) is 21.3 Å². The summed E-state index contributed by atoms with van der Waals surface area (Å²) in [6.07, 6.45) is 4.69. The summed E-state index contributed by atoms with van der Waals surface area (Å²) in [7, 11) is 0. The molecule has 0 unspecified atom stereocenters. The molecule has 2 fully saturated rings. The van der Waals surface area contributed by atoms with Crippen molar-refractivity contribution in [1.29, 1.82) is 0 Å². The lowest BCUT2D eigenvalue weighted by Gasteiger charge is -2.16. The molecule has 1 aromatic rings. The van der Waals surface area contributed by atoms with Crippen LogP contribution in [0.15, 0.2) is 18.2 Å². The van der Waals surface area contributed by atoms with Crippen molar-refractivity contribution in [3.8, 4) is 0 Å². The van der Waals surface area contributed by atoms with Crippen molar-refractivity contribution in [2.24, 2.45) is 0 Å². The number of amides is 4. The van der Waals surface area contributed by atoms with E-state index >= 15 is 0 Å². The Morgan fingerprint density at radius 1 is 1.09 bits per heavy atom. The van der Waals surface area contributed by atoms with Crippen LogP contribution in [0.1, 0.15) is 59.2 Å². The summed E-state index contributed by atoms with van der Waals surface area (Å²) in [5.74, 6) is -0.479. The largest absolute Gasteiger partial charge is 0.478 e. The molecule has 2 aliphatic rings. The number of rotatable bonds is 12. The number of urea groups is 1. The molecule has 180 valence electrons. The Kier molecular flexibility index (Phi) is 8.81. The van der Waals surface area contributed by atoms with E-state index < -0.39 is 5.97 Å². The lowest BCUT2D eigenvalue weighted by molar-refractivity contribution is -0.121. The Morgan fingerprint density at radius 3 is 2.58 bits per heavy atom. The van der Waals surface area contributed by atoms with Crippen LogP contribution < -0.4 is 27.0 Å². The fourth-order valence-electron chi connectivity index (χ4n) is 4.04. The van der Waals surface area contributed by atoms with Gasteiger partial charge in [-0.1, -0.05) is 6.42 Å². The molecule has 0 spiro atoms. The first-order valence-corrected chi connectivity index (χ1v) is 12.3. The molecule has 2 heterocycles. The molecule has 2 aliphatic heterocycles. The van der Waals surface area contributed by atoms with Crippen molar-refractivity contribution in [3.05, 3.63) is 29.3 Å². The van der Waals surface area contributed by atoms with Crippen LogP contribution in [0.4, 0.5) is 10.5 Å². The number of thioether (sulfide) groups is 1. The number of hydrogen-bond acceptors (Lipinski definition) is 6. The van der Waals surface area contributed by atoms with Crippen molar-refractivity contribution in [2.45, 2.75) is 55.9 Å². The summed E-state index contributed by atoms with van der Waals surface area (Å²) in [5, 5.41) is 21.0. The van der Waals surface area contributed by atoms with Crippen LogP contribution >= 0.6 is 11.8 Å². The topological polar surface area (TPSA) is 163 Å². The molecular formula is C22H31N5O5S. The highest BCUT2D eigenvalue weighted by Gasteiger charge is 2.42. The van der Waals surface area contributed by atoms with Crippen LogP contribution in [0.3, 0.4) is 0 Å². The van der Waals surface area contributed by atoms with Crippen LogP contribution in [0.25, 0.3) is 0 Å². The van der Waals surface area contributed by atoms with Gasteiger partial charge in [-0.05, 0) is 43.9 Å². The first-order chi connectivity index (χ1) is 15.8. The number of fused-ring (bicyclic) bond motifs is 1. The minimum Gasteiger partial charge on any atom is -0.478 e. The number of nitrogens with two attached hydrogens (primary N) is 1. The van der Waals surface area contributed by atoms with Crippen molar-refractivity contribution >= 4 is 41.3 Å². The highest BCUT2D eigenvalue weighted by Crippen LogP contribution is 2.33. The third-order valence-corrected chi connectivity index (χ3v) is 7.34. The number of unbranched alkanes of at least 4 members (excludes halogenated alkanes) is 2. The number of carboxylic acid groups (broad SMARTS) is 1. The second kappa shape index (κ2) is 11.8. The standard InChI is InChI=1S/C22H31N5O5S/c23-15-11-13(7-8-14(15)21(30)31)20(29)25-10-4-3-9-24-18(28)6-2-1-5-17-19-16(12-33-17)26-22(32)27-19/h7-8,11,16-17,19H,1-6,9-10,12,23H2,(H,24,28)(H,25,29)(H,30,31)(H2,26,27,32)/t16-,17-,19-/m0/s1. The first-order valence-electron chi connectivity index (χ1n) is 11.2. The van der Waals surface area contributed by atoms with E-state index in [4.69, 9.17) is 10.8 Å². The molecule has 3 rings (SSSR count). The molecule has 0 radical (unpaired) electrons. The zero-order valence-electron chi connectivity index (χ0n) is 18.4. The maximum atomic E-state index is 12.1. The molecule has 11 heteroatoms. The van der Waals surface area contributed by atoms with Gasteiger partial charge < -0.3 is 32.1 Å². The van der Waals surface area contributed by atoms with E-state index in [1.807, 2.05) is 11.8 Å². The molecule has 0 aromatic heterocycles. The van der Waals surface area contributed by atoms with Crippen LogP contribution in [0.2, 0.25) is 0 Å². The van der Waals surface area contributed by atoms with Gasteiger partial charge in [0.1, 0.15) is 0 Å². The minimum absolute atomic E-state index is 0.0285. The SMILES string of the molecule is Nc1cc(C(=O)NCCCCNC(=O)CCCC[C@@H]2SC[C@@H]3NC(=O)N[C@@H]32)ccc1C(=O)O. The van der Waals surface area contributed by atoms with E-state index in [-0.39, 0.29) is 41.2 Å². The van der Waals surface area contributed by atoms with Crippen LogP contribution in [0.5, 0.6) is 0 Å². The molecule has 7 N–H and O–H groups in total. The third-order valence-electron chi connectivity index (χ3n) is 5.84. The second-order valence-corrected chi connectivity index (χ2v) is 9.56. The molecule has 3 atom stereocenters. The second-order valence-electron chi connectivity index (χ2n) is 8.29. The summed E-state index contributed by atoms with van der Waals surface area (Å²) in [6.45, 7) is 0.997. The van der Waals surface area contributed by atoms with Crippen molar-refractivity contribution in [3.63, 3.8) is 0 Å². The molecule has 0 bridgehead atoms. The average Bonchev–Trinajstić information content (AvgIpc) is 3.32. The van der Waals surface area contributed by atoms with Crippen molar-refractivity contribution in [2.75, 3.05) is 24.6 Å². The van der Waals surface area contributed by atoms with Gasteiger partial charge in [-0.2, -0.15) is 11.8 Å². The van der Waals surface area contributed by atoms with Gasteiger partial charge in [0.15, 0.2) is 0 Å². The van der Waals surface area contributed by atoms with Crippen molar-refractivity contribution in [1.82, 2.24) is 21.3 Å². The number of carbonyl (C=O) groups excluding carboxylic acids is 3. The minimum atomic E-state index is -1.14. The summed E-state index contributed by atoms with van der Waals surface area (Å²) >= 11 is 1.88. The average molecular weight is 478 g/mol. The number of aromatic carboxylic acids is 1. The summed E-state index contributed by atoms with van der Waals surface area (Å²) in [6, 6.07) is 4.46. The molecule has 4 amide bonds. The normalized spacial score (nSPS) is 21.1. The predicted molar refractivity (Wildman–Crippen MR) is 126 cm³/mol. The fourth-order valence-corrected chi connectivity index (χ4v) is 5.59. The number of hydrogen-bond donors (Lipinski definition) is 6. The van der Waals surface area contributed by atoms with Gasteiger partial charge in [0.2, 0.25) is 5.91 Å². The van der Waals surface area contributed by atoms with E-state index in [1.54, 1.807) is 0 Å². The Morgan fingerprint density at radius 2 is 1.85 bits per heavy atom. The van der Waals surface area contributed by atoms with Gasteiger partial charge in [0, 0.05) is 41.8 Å². The Bertz CT molecular complexity index is 896. The number of nitrogens with one attached hydrogen (secondary N) is 4. The highest BCUT2D eigenvalue weighted by atomic mass is 32.2. The van der Waals surface area contributed by atoms with E-state index in [9.17, 15) is 19.2 Å². The molecular weight excluding hydrogens is 446 g/mol. The molecule has 10 nitrogen and oxygen atoms in total. The monoisotopic (exact) mass is 477 g/mol. The Labute approximate surface area is 196 Å². The van der Waals surface area contributed by atoms with E-state index in [0.717, 1.165) is 31.4 Å². The number of carboxylic acids is 1. The number of benzene rings is 1. The highest BCUT2D eigenvalue weighted by molar-refractivity contribution is 8.00. The zero-order valence-corrected chi connectivity index (χ0v) is 19.2. The lowest BCUT2D eigenvalue weighted by atomic mass is 10.0. The van der Waals surface area contributed by atoms with Gasteiger partial charge >= 0.3 is 12.0 Å². The van der Waals surface area contributed by atoms with Crippen LogP contribution in [-0.2, 0) is 4.79 Å². The molecule has 1 aromatic carbocycles. The molecule has 2 saturated heterocycles.